The minimum Gasteiger partial charge on any atom is -0.504 e. The van der Waals surface area contributed by atoms with E-state index in [-0.39, 0.29) is 11.5 Å². The quantitative estimate of drug-likeness (QED) is 0.381. The van der Waals surface area contributed by atoms with Gasteiger partial charge < -0.3 is 20.1 Å². The Hall–Kier alpha value is -2.17. The summed E-state index contributed by atoms with van der Waals surface area (Å²) < 4.78 is 1.93. The standard InChI is InChI=1S/C10H9N3O2/c14-8-3-6-5-13-2-1-11-10(13)12-7(6)4-9(8)15/h1-4,14-15H,5H2,(H,11,12). The summed E-state index contributed by atoms with van der Waals surface area (Å²) in [6, 6.07) is 3.06. The van der Waals surface area contributed by atoms with Crippen LogP contribution < -0.4 is 5.32 Å². The average molecular weight is 203 g/mol. The molecule has 0 amide bonds. The minimum atomic E-state index is -0.124. The highest BCUT2D eigenvalue weighted by atomic mass is 16.3. The Kier molecular flexibility index (Phi) is 1.45. The number of phenolic OH excluding ortho intramolecular Hbond substituents is 2. The molecule has 0 spiro atoms. The van der Waals surface area contributed by atoms with Crippen molar-refractivity contribution < 1.29 is 10.2 Å². The van der Waals surface area contributed by atoms with Crippen LogP contribution in [-0.2, 0) is 6.54 Å². The van der Waals surface area contributed by atoms with Crippen molar-refractivity contribution in [3.8, 4) is 11.5 Å². The van der Waals surface area contributed by atoms with E-state index in [9.17, 15) is 10.2 Å². The summed E-state index contributed by atoms with van der Waals surface area (Å²) >= 11 is 0. The smallest absolute Gasteiger partial charge is 0.207 e. The monoisotopic (exact) mass is 203 g/mol. The van der Waals surface area contributed by atoms with Gasteiger partial charge in [0.1, 0.15) is 0 Å². The Morgan fingerprint density at radius 3 is 2.93 bits per heavy atom. The van der Waals surface area contributed by atoms with E-state index in [1.54, 1.807) is 12.3 Å². The zero-order valence-corrected chi connectivity index (χ0v) is 7.81. The molecule has 1 aromatic heterocycles. The van der Waals surface area contributed by atoms with Gasteiger partial charge in [0.2, 0.25) is 5.95 Å². The van der Waals surface area contributed by atoms with Crippen molar-refractivity contribution in [1.82, 2.24) is 9.55 Å². The van der Waals surface area contributed by atoms with Gasteiger partial charge in [-0.25, -0.2) is 4.98 Å². The fraction of sp³-hybridized carbons (Fsp3) is 0.100. The molecule has 15 heavy (non-hydrogen) atoms. The lowest BCUT2D eigenvalue weighted by Gasteiger charge is -2.20. The molecular formula is C10H9N3O2. The van der Waals surface area contributed by atoms with Gasteiger partial charge in [-0.15, -0.1) is 0 Å². The SMILES string of the molecule is Oc1cc2c(cc1O)Nc1nccn1C2. The molecule has 0 atom stereocenters. The maximum atomic E-state index is 9.37. The maximum absolute atomic E-state index is 9.37. The number of nitrogens with zero attached hydrogens (tertiary/aromatic N) is 2. The van der Waals surface area contributed by atoms with E-state index in [1.165, 1.54) is 6.07 Å². The Morgan fingerprint density at radius 1 is 1.27 bits per heavy atom. The lowest BCUT2D eigenvalue weighted by molar-refractivity contribution is 0.403. The van der Waals surface area contributed by atoms with Crippen LogP contribution in [0.3, 0.4) is 0 Å². The summed E-state index contributed by atoms with van der Waals surface area (Å²) in [7, 11) is 0. The van der Waals surface area contributed by atoms with Gasteiger partial charge in [-0.1, -0.05) is 0 Å². The summed E-state index contributed by atoms with van der Waals surface area (Å²) in [5.74, 6) is 0.521. The van der Waals surface area contributed by atoms with Crippen molar-refractivity contribution in [3.63, 3.8) is 0 Å². The van der Waals surface area contributed by atoms with E-state index >= 15 is 0 Å². The normalized spacial score (nSPS) is 12.8. The first-order chi connectivity index (χ1) is 7.24. The molecule has 1 aromatic carbocycles. The molecule has 0 bridgehead atoms. The number of hydrogen-bond donors (Lipinski definition) is 3. The molecule has 2 aromatic rings. The maximum Gasteiger partial charge on any atom is 0.207 e. The lowest BCUT2D eigenvalue weighted by atomic mass is 10.1. The zero-order valence-electron chi connectivity index (χ0n) is 7.81. The summed E-state index contributed by atoms with van der Waals surface area (Å²) in [4.78, 5) is 4.12. The summed E-state index contributed by atoms with van der Waals surface area (Å²) in [6.07, 6.45) is 3.56. The predicted molar refractivity (Wildman–Crippen MR) is 54.4 cm³/mol. The van der Waals surface area contributed by atoms with Gasteiger partial charge in [0, 0.05) is 24.1 Å². The van der Waals surface area contributed by atoms with Crippen LogP contribution in [0.5, 0.6) is 11.5 Å². The van der Waals surface area contributed by atoms with Crippen molar-refractivity contribution in [3.05, 3.63) is 30.1 Å². The van der Waals surface area contributed by atoms with Crippen LogP contribution in [0.1, 0.15) is 5.56 Å². The zero-order chi connectivity index (χ0) is 10.4. The number of imidazole rings is 1. The highest BCUT2D eigenvalue weighted by molar-refractivity contribution is 5.66. The van der Waals surface area contributed by atoms with E-state index in [2.05, 4.69) is 10.3 Å². The van der Waals surface area contributed by atoms with Gasteiger partial charge in [0.05, 0.1) is 6.54 Å². The van der Waals surface area contributed by atoms with Gasteiger partial charge in [-0.3, -0.25) is 0 Å². The van der Waals surface area contributed by atoms with Gasteiger partial charge >= 0.3 is 0 Å². The lowest BCUT2D eigenvalue weighted by Crippen LogP contribution is -2.12. The Bertz CT molecular complexity index is 488. The van der Waals surface area contributed by atoms with Crippen LogP contribution >= 0.6 is 0 Å². The molecule has 1 aliphatic heterocycles. The first kappa shape index (κ1) is 8.16. The topological polar surface area (TPSA) is 70.3 Å². The molecule has 0 fully saturated rings. The number of hydrogen-bond acceptors (Lipinski definition) is 4. The molecule has 0 unspecified atom stereocenters. The molecule has 3 rings (SSSR count). The number of rotatable bonds is 0. The third kappa shape index (κ3) is 1.13. The second-order valence-corrected chi connectivity index (χ2v) is 3.50. The fourth-order valence-corrected chi connectivity index (χ4v) is 1.73. The Labute approximate surface area is 85.6 Å². The van der Waals surface area contributed by atoms with Crippen LogP contribution in [0, 0.1) is 0 Å². The predicted octanol–water partition coefficient (Wildman–Crippen LogP) is 1.40. The number of nitrogens with one attached hydrogen (secondary N) is 1. The number of anilines is 2. The van der Waals surface area contributed by atoms with Gasteiger partial charge in [-0.2, -0.15) is 0 Å². The molecule has 0 aliphatic carbocycles. The van der Waals surface area contributed by atoms with Crippen molar-refractivity contribution in [1.29, 1.82) is 0 Å². The molecule has 0 saturated heterocycles. The van der Waals surface area contributed by atoms with E-state index < -0.39 is 0 Å². The van der Waals surface area contributed by atoms with E-state index in [0.717, 1.165) is 17.2 Å². The highest BCUT2D eigenvalue weighted by Crippen LogP contribution is 2.35. The Balaban J connectivity index is 2.13. The first-order valence-electron chi connectivity index (χ1n) is 4.57. The van der Waals surface area contributed by atoms with Crippen molar-refractivity contribution in [2.75, 3.05) is 5.32 Å². The third-order valence-corrected chi connectivity index (χ3v) is 2.50. The average Bonchev–Trinajstić information content (AvgIpc) is 2.63. The van der Waals surface area contributed by atoms with Crippen LogP contribution in [0.2, 0.25) is 0 Å². The van der Waals surface area contributed by atoms with Gasteiger partial charge in [0.25, 0.3) is 0 Å². The van der Waals surface area contributed by atoms with Gasteiger partial charge in [0.15, 0.2) is 11.5 Å². The van der Waals surface area contributed by atoms with E-state index in [1.807, 2.05) is 10.8 Å². The number of phenols is 2. The summed E-state index contributed by atoms with van der Waals surface area (Å²) in [5.41, 5.74) is 1.71. The number of aromatic hydroxyl groups is 2. The molecule has 2 heterocycles. The second-order valence-electron chi connectivity index (χ2n) is 3.50. The van der Waals surface area contributed by atoms with Crippen molar-refractivity contribution in [2.45, 2.75) is 6.54 Å². The third-order valence-electron chi connectivity index (χ3n) is 2.50. The molecule has 0 saturated carbocycles. The number of aromatic nitrogens is 2. The van der Waals surface area contributed by atoms with Crippen LogP contribution in [0.25, 0.3) is 0 Å². The van der Waals surface area contributed by atoms with Crippen LogP contribution in [-0.4, -0.2) is 19.8 Å². The molecule has 5 heteroatoms. The first-order valence-corrected chi connectivity index (χ1v) is 4.57. The second kappa shape index (κ2) is 2.66. The molecule has 76 valence electrons. The van der Waals surface area contributed by atoms with Crippen LogP contribution in [0.4, 0.5) is 11.6 Å². The molecular weight excluding hydrogens is 194 g/mol. The molecule has 0 radical (unpaired) electrons. The van der Waals surface area contributed by atoms with E-state index in [4.69, 9.17) is 0 Å². The van der Waals surface area contributed by atoms with E-state index in [0.29, 0.717) is 6.54 Å². The fourth-order valence-electron chi connectivity index (χ4n) is 1.73. The van der Waals surface area contributed by atoms with Crippen molar-refractivity contribution >= 4 is 11.6 Å². The van der Waals surface area contributed by atoms with Crippen molar-refractivity contribution in [2.24, 2.45) is 0 Å². The summed E-state index contributed by atoms with van der Waals surface area (Å²) in [6.45, 7) is 0.644. The summed E-state index contributed by atoms with van der Waals surface area (Å²) in [5, 5.41) is 21.8. The van der Waals surface area contributed by atoms with Crippen LogP contribution in [0.15, 0.2) is 24.5 Å². The molecule has 3 N–H and O–H groups in total. The highest BCUT2D eigenvalue weighted by Gasteiger charge is 2.16. The number of fused-ring (bicyclic) bond motifs is 2. The minimum absolute atomic E-state index is 0.0980. The number of benzene rings is 1. The Morgan fingerprint density at radius 2 is 2.07 bits per heavy atom. The molecule has 5 nitrogen and oxygen atoms in total. The van der Waals surface area contributed by atoms with Gasteiger partial charge in [-0.05, 0) is 11.6 Å². The molecule has 1 aliphatic rings. The largest absolute Gasteiger partial charge is 0.504 e.